The Balaban J connectivity index is 1.90. The van der Waals surface area contributed by atoms with Gasteiger partial charge in [-0.2, -0.15) is 0 Å². The van der Waals surface area contributed by atoms with E-state index in [4.69, 9.17) is 0 Å². The molecular formula is C18H27NO. The lowest BCUT2D eigenvalue weighted by Gasteiger charge is -2.35. The summed E-state index contributed by atoms with van der Waals surface area (Å²) in [6.07, 6.45) is 5.26. The van der Waals surface area contributed by atoms with E-state index in [1.165, 1.54) is 25.7 Å². The summed E-state index contributed by atoms with van der Waals surface area (Å²) in [5.41, 5.74) is 0.838. The lowest BCUT2D eigenvalue weighted by atomic mass is 9.86. The number of nitrogens with zero attached hydrogens (tertiary/aromatic N) is 1. The molecule has 110 valence electrons. The standard InChI is InChI=1S/C18H27NO/c1-14-8-7-11-17(12-14)19(3)13-15(2)18(20)16-9-5-4-6-10-16/h4-6,9-10,14-15,17H,7-8,11-13H2,1-3H3. The Kier molecular flexibility index (Phi) is 5.36. The van der Waals surface area contributed by atoms with Crippen LogP contribution in [-0.4, -0.2) is 30.3 Å². The normalized spacial score (nSPS) is 24.6. The fourth-order valence-corrected chi connectivity index (χ4v) is 3.35. The van der Waals surface area contributed by atoms with Gasteiger partial charge in [0.2, 0.25) is 0 Å². The molecule has 1 saturated carbocycles. The molecule has 0 saturated heterocycles. The first kappa shape index (κ1) is 15.2. The van der Waals surface area contributed by atoms with Crippen molar-refractivity contribution in [2.75, 3.05) is 13.6 Å². The zero-order valence-corrected chi connectivity index (χ0v) is 13.0. The third-order valence-electron chi connectivity index (χ3n) is 4.60. The van der Waals surface area contributed by atoms with E-state index in [9.17, 15) is 4.79 Å². The van der Waals surface area contributed by atoms with Gasteiger partial charge in [0.15, 0.2) is 5.78 Å². The molecular weight excluding hydrogens is 246 g/mol. The number of Topliss-reactive ketones (excluding diaryl/α,β-unsaturated/α-hetero) is 1. The predicted octanol–water partition coefficient (Wildman–Crippen LogP) is 4.02. The molecule has 2 nitrogen and oxygen atoms in total. The van der Waals surface area contributed by atoms with Gasteiger partial charge in [-0.15, -0.1) is 0 Å². The first-order valence-corrected chi connectivity index (χ1v) is 7.87. The molecule has 0 N–H and O–H groups in total. The van der Waals surface area contributed by atoms with Crippen molar-refractivity contribution in [3.63, 3.8) is 0 Å². The molecule has 3 atom stereocenters. The van der Waals surface area contributed by atoms with Crippen LogP contribution in [0.5, 0.6) is 0 Å². The molecule has 0 bridgehead atoms. The lowest BCUT2D eigenvalue weighted by molar-refractivity contribution is 0.0860. The van der Waals surface area contributed by atoms with Crippen LogP contribution in [0.2, 0.25) is 0 Å². The summed E-state index contributed by atoms with van der Waals surface area (Å²) >= 11 is 0. The van der Waals surface area contributed by atoms with E-state index in [-0.39, 0.29) is 11.7 Å². The third-order valence-corrected chi connectivity index (χ3v) is 4.60. The van der Waals surface area contributed by atoms with Crippen molar-refractivity contribution in [1.29, 1.82) is 0 Å². The van der Waals surface area contributed by atoms with Crippen molar-refractivity contribution in [3.05, 3.63) is 35.9 Å². The van der Waals surface area contributed by atoms with Crippen molar-refractivity contribution in [2.45, 2.75) is 45.6 Å². The minimum Gasteiger partial charge on any atom is -0.303 e. The highest BCUT2D eigenvalue weighted by Gasteiger charge is 2.25. The van der Waals surface area contributed by atoms with Crippen molar-refractivity contribution < 1.29 is 4.79 Å². The molecule has 0 aromatic heterocycles. The number of carbonyl (C=O) groups excluding carboxylic acids is 1. The summed E-state index contributed by atoms with van der Waals surface area (Å²) in [4.78, 5) is 14.8. The van der Waals surface area contributed by atoms with E-state index in [2.05, 4.69) is 25.8 Å². The first-order valence-electron chi connectivity index (χ1n) is 7.87. The molecule has 20 heavy (non-hydrogen) atoms. The van der Waals surface area contributed by atoms with E-state index in [0.29, 0.717) is 6.04 Å². The minimum atomic E-state index is 0.0691. The lowest BCUT2D eigenvalue weighted by Crippen LogP contribution is -2.39. The summed E-state index contributed by atoms with van der Waals surface area (Å²) in [7, 11) is 2.18. The van der Waals surface area contributed by atoms with Gasteiger partial charge in [0.1, 0.15) is 0 Å². The van der Waals surface area contributed by atoms with Gasteiger partial charge >= 0.3 is 0 Å². The van der Waals surface area contributed by atoms with Crippen LogP contribution in [0.3, 0.4) is 0 Å². The maximum absolute atomic E-state index is 12.4. The SMILES string of the molecule is CC1CCCC(N(C)CC(C)C(=O)c2ccccc2)C1. The molecule has 1 aromatic carbocycles. The number of hydrogen-bond donors (Lipinski definition) is 0. The molecule has 0 radical (unpaired) electrons. The van der Waals surface area contributed by atoms with Crippen LogP contribution in [0, 0.1) is 11.8 Å². The second-order valence-electron chi connectivity index (χ2n) is 6.50. The second kappa shape index (κ2) is 7.03. The molecule has 1 aliphatic rings. The highest BCUT2D eigenvalue weighted by molar-refractivity contribution is 5.97. The van der Waals surface area contributed by atoms with E-state index < -0.39 is 0 Å². The van der Waals surface area contributed by atoms with Crippen LogP contribution < -0.4 is 0 Å². The van der Waals surface area contributed by atoms with Gasteiger partial charge in [0.05, 0.1) is 0 Å². The smallest absolute Gasteiger partial charge is 0.166 e. The predicted molar refractivity (Wildman–Crippen MR) is 84.0 cm³/mol. The quantitative estimate of drug-likeness (QED) is 0.755. The zero-order chi connectivity index (χ0) is 14.5. The van der Waals surface area contributed by atoms with Crippen LogP contribution in [0.4, 0.5) is 0 Å². The zero-order valence-electron chi connectivity index (χ0n) is 13.0. The van der Waals surface area contributed by atoms with Crippen LogP contribution in [0.25, 0.3) is 0 Å². The molecule has 2 rings (SSSR count). The molecule has 0 aliphatic heterocycles. The van der Waals surface area contributed by atoms with Crippen molar-refractivity contribution >= 4 is 5.78 Å². The Labute approximate surface area is 123 Å². The number of hydrogen-bond acceptors (Lipinski definition) is 2. The second-order valence-corrected chi connectivity index (χ2v) is 6.50. The summed E-state index contributed by atoms with van der Waals surface area (Å²) in [5, 5.41) is 0. The van der Waals surface area contributed by atoms with E-state index in [0.717, 1.165) is 18.0 Å². The van der Waals surface area contributed by atoms with Crippen molar-refractivity contribution in [1.82, 2.24) is 4.90 Å². The fraction of sp³-hybridized carbons (Fsp3) is 0.611. The number of ketones is 1. The average Bonchev–Trinajstić information content (AvgIpc) is 2.47. The van der Waals surface area contributed by atoms with Crippen LogP contribution in [0.1, 0.15) is 49.9 Å². The third kappa shape index (κ3) is 3.92. The van der Waals surface area contributed by atoms with Crippen LogP contribution in [-0.2, 0) is 0 Å². The van der Waals surface area contributed by atoms with Crippen molar-refractivity contribution in [3.8, 4) is 0 Å². The van der Waals surface area contributed by atoms with Crippen LogP contribution in [0.15, 0.2) is 30.3 Å². The molecule has 0 spiro atoms. The molecule has 1 aliphatic carbocycles. The monoisotopic (exact) mass is 273 g/mol. The molecule has 1 fully saturated rings. The molecule has 0 heterocycles. The number of carbonyl (C=O) groups is 1. The van der Waals surface area contributed by atoms with Gasteiger partial charge in [-0.25, -0.2) is 0 Å². The van der Waals surface area contributed by atoms with Crippen LogP contribution >= 0.6 is 0 Å². The van der Waals surface area contributed by atoms with Gasteiger partial charge in [-0.05, 0) is 25.8 Å². The maximum atomic E-state index is 12.4. The molecule has 2 heteroatoms. The molecule has 3 unspecified atom stereocenters. The van der Waals surface area contributed by atoms with E-state index in [1.807, 2.05) is 30.3 Å². The number of benzene rings is 1. The molecule has 0 amide bonds. The molecule has 1 aromatic rings. The summed E-state index contributed by atoms with van der Waals surface area (Å²) in [6.45, 7) is 5.27. The fourth-order valence-electron chi connectivity index (χ4n) is 3.35. The Morgan fingerprint density at radius 3 is 2.65 bits per heavy atom. The van der Waals surface area contributed by atoms with Crippen molar-refractivity contribution in [2.24, 2.45) is 11.8 Å². The number of rotatable bonds is 5. The van der Waals surface area contributed by atoms with Gasteiger partial charge in [-0.3, -0.25) is 4.79 Å². The van der Waals surface area contributed by atoms with Gasteiger partial charge in [0.25, 0.3) is 0 Å². The summed E-state index contributed by atoms with van der Waals surface area (Å²) in [5.74, 6) is 1.16. The van der Waals surface area contributed by atoms with Gasteiger partial charge < -0.3 is 4.90 Å². The Bertz CT molecular complexity index is 428. The Morgan fingerprint density at radius 2 is 2.00 bits per heavy atom. The maximum Gasteiger partial charge on any atom is 0.166 e. The van der Waals surface area contributed by atoms with E-state index in [1.54, 1.807) is 0 Å². The minimum absolute atomic E-state index is 0.0691. The first-order chi connectivity index (χ1) is 9.58. The Hall–Kier alpha value is -1.15. The summed E-state index contributed by atoms with van der Waals surface area (Å²) < 4.78 is 0. The summed E-state index contributed by atoms with van der Waals surface area (Å²) in [6, 6.07) is 10.3. The van der Waals surface area contributed by atoms with E-state index >= 15 is 0 Å². The topological polar surface area (TPSA) is 20.3 Å². The highest BCUT2D eigenvalue weighted by atomic mass is 16.1. The largest absolute Gasteiger partial charge is 0.303 e. The van der Waals surface area contributed by atoms with Gasteiger partial charge in [-0.1, -0.05) is 57.0 Å². The average molecular weight is 273 g/mol. The van der Waals surface area contributed by atoms with Gasteiger partial charge in [0, 0.05) is 24.1 Å². The Morgan fingerprint density at radius 1 is 1.30 bits per heavy atom. The highest BCUT2D eigenvalue weighted by Crippen LogP contribution is 2.27.